The van der Waals surface area contributed by atoms with Gasteiger partial charge in [-0.1, -0.05) is 177 Å². The maximum Gasteiger partial charge on any atom is 2.00 e. The molecule has 16 bridgehead atoms. The van der Waals surface area contributed by atoms with Gasteiger partial charge >= 0.3 is 23.1 Å². The third-order valence-corrected chi connectivity index (χ3v) is 20.5. The van der Waals surface area contributed by atoms with Crippen LogP contribution in [0, 0.1) is 23.7 Å². The number of unbranched alkanes of at least 4 members (excludes halogenated alkanes) is 9. The molecule has 0 saturated heterocycles. The fourth-order valence-corrected chi connectivity index (χ4v) is 16.0. The number of aromatic nitrogens is 8. The Hall–Kier alpha value is -4.27. The van der Waals surface area contributed by atoms with Crippen LogP contribution in [0.5, 0.6) is 0 Å². The van der Waals surface area contributed by atoms with Gasteiger partial charge in [0.2, 0.25) is 0 Å². The Morgan fingerprint density at radius 2 is 0.467 bits per heavy atom. The second-order valence-corrected chi connectivity index (χ2v) is 26.5. The molecule has 16 unspecified atom stereocenters. The predicted molar refractivity (Wildman–Crippen MR) is 350 cm³/mol. The molecule has 16 nitrogen and oxygen atoms in total. The Morgan fingerprint density at radius 1 is 0.278 bits per heavy atom. The molecular formula is C73H100MgN8O8+2. The van der Waals surface area contributed by atoms with E-state index >= 15 is 0 Å². The number of rotatable bonds is 33. The van der Waals surface area contributed by atoms with Crippen molar-refractivity contribution in [1.29, 1.82) is 0 Å². The van der Waals surface area contributed by atoms with Gasteiger partial charge in [-0.15, -0.1) is 0 Å². The molecule has 480 valence electrons. The van der Waals surface area contributed by atoms with Crippen molar-refractivity contribution in [2.45, 2.75) is 237 Å². The molecule has 17 rings (SSSR count). The van der Waals surface area contributed by atoms with Crippen molar-refractivity contribution in [2.75, 3.05) is 52.9 Å². The van der Waals surface area contributed by atoms with Gasteiger partial charge < -0.3 is 47.9 Å². The van der Waals surface area contributed by atoms with Gasteiger partial charge in [0, 0.05) is 145 Å². The molecule has 5 heterocycles. The van der Waals surface area contributed by atoms with Crippen molar-refractivity contribution in [3.63, 3.8) is 0 Å². The summed E-state index contributed by atoms with van der Waals surface area (Å²) in [7, 11) is 0. The molecule has 17 heteroatoms. The minimum Gasteiger partial charge on any atom is -0.375 e. The minimum atomic E-state index is -0.237. The van der Waals surface area contributed by atoms with Crippen molar-refractivity contribution in [1.82, 2.24) is 29.9 Å². The molecule has 16 atom stereocenters. The summed E-state index contributed by atoms with van der Waals surface area (Å²) < 4.78 is 56.3. The minimum absolute atomic E-state index is 0. The fourth-order valence-electron chi connectivity index (χ4n) is 16.0. The van der Waals surface area contributed by atoms with Crippen LogP contribution in [0.4, 0.5) is 0 Å². The maximum atomic E-state index is 7.09. The molecule has 3 aromatic rings. The number of hydrogen-bond acceptors (Lipinski definition) is 12. The van der Waals surface area contributed by atoms with E-state index < -0.39 is 0 Å². The Bertz CT molecular complexity index is 3370. The van der Waals surface area contributed by atoms with Crippen molar-refractivity contribution in [2.24, 2.45) is 23.7 Å². The van der Waals surface area contributed by atoms with Crippen LogP contribution in [0.25, 0.3) is 44.9 Å². The number of hydrogen-bond donors (Lipinski definition) is 0. The monoisotopic (exact) mass is 1240 g/mol. The van der Waals surface area contributed by atoms with Gasteiger partial charge in [-0.2, -0.15) is 0 Å². The summed E-state index contributed by atoms with van der Waals surface area (Å²) in [6.45, 7) is 22.9. The Morgan fingerprint density at radius 3 is 0.678 bits per heavy atom. The van der Waals surface area contributed by atoms with E-state index in [1.54, 1.807) is 0 Å². The van der Waals surface area contributed by atoms with Gasteiger partial charge in [-0.25, -0.2) is 4.98 Å². The molecule has 0 fully saturated rings. The van der Waals surface area contributed by atoms with E-state index in [9.17, 15) is 0 Å². The zero-order chi connectivity index (χ0) is 61.1. The quantitative estimate of drug-likeness (QED) is 0.0319. The molecule has 12 aliphatic carbocycles. The van der Waals surface area contributed by atoms with E-state index in [1.807, 2.05) is 0 Å². The first-order valence-corrected chi connectivity index (χ1v) is 35.3. The number of nitrogens with zero attached hydrogens (tertiary/aromatic N) is 6. The van der Waals surface area contributed by atoms with Crippen LogP contribution in [0.2, 0.25) is 0 Å². The van der Waals surface area contributed by atoms with Crippen LogP contribution in [0.1, 0.15) is 234 Å². The molecule has 14 aliphatic rings. The van der Waals surface area contributed by atoms with Crippen LogP contribution >= 0.6 is 0 Å². The third kappa shape index (κ3) is 12.2. The Labute approximate surface area is 550 Å². The number of H-pyrrole nitrogens is 2. The number of aromatic amines is 2. The van der Waals surface area contributed by atoms with E-state index in [1.165, 1.54) is 0 Å². The maximum absolute atomic E-state index is 7.09. The van der Waals surface area contributed by atoms with Crippen LogP contribution in [0.3, 0.4) is 0 Å². The summed E-state index contributed by atoms with van der Waals surface area (Å²) in [6, 6.07) is 0. The first kappa shape index (κ1) is 65.8. The van der Waals surface area contributed by atoms with Crippen molar-refractivity contribution >= 4 is 67.9 Å². The zero-order valence-electron chi connectivity index (χ0n) is 55.2. The summed E-state index contributed by atoms with van der Waals surface area (Å²) in [5, 5.41) is 0. The normalized spacial score (nSPS) is 30.0. The molecule has 0 aromatic carbocycles. The molecule has 0 spiro atoms. The molecule has 0 amide bonds. The van der Waals surface area contributed by atoms with E-state index in [0.29, 0.717) is 87.1 Å². The summed E-state index contributed by atoms with van der Waals surface area (Å²) in [5.41, 5.74) is 11.0. The molecule has 2 N–H and O–H groups in total. The van der Waals surface area contributed by atoms with E-state index in [4.69, 9.17) is 67.8 Å². The molecule has 3 aromatic heterocycles. The average molecular weight is 1240 g/mol. The molecule has 2 aliphatic heterocycles. The second kappa shape index (κ2) is 30.0. The summed E-state index contributed by atoms with van der Waals surface area (Å²) >= 11 is 0. The van der Waals surface area contributed by atoms with Gasteiger partial charge in [0.05, 0.1) is 48.8 Å². The van der Waals surface area contributed by atoms with Crippen LogP contribution < -0.4 is 19.9 Å². The van der Waals surface area contributed by atoms with E-state index in [2.05, 4.69) is 114 Å². The van der Waals surface area contributed by atoms with Gasteiger partial charge in [0.1, 0.15) is 5.82 Å². The average Bonchev–Trinajstić information content (AvgIpc) is 1.52. The smallest absolute Gasteiger partial charge is 0.375 e. The van der Waals surface area contributed by atoms with Crippen molar-refractivity contribution in [3.8, 4) is 0 Å². The van der Waals surface area contributed by atoms with Gasteiger partial charge in [-0.05, 0) is 56.9 Å². The summed E-state index contributed by atoms with van der Waals surface area (Å²) in [4.78, 5) is 42.8. The summed E-state index contributed by atoms with van der Waals surface area (Å²) in [5.74, 6) is 1.45. The fraction of sp³-hybridized carbons (Fsp3) is 0.671. The van der Waals surface area contributed by atoms with E-state index in [-0.39, 0.29) is 119 Å². The number of fused-ring (bicyclic) bond motifs is 12. The number of nitrogens with one attached hydrogen (secondary N) is 2. The van der Waals surface area contributed by atoms with Crippen molar-refractivity contribution in [3.05, 3.63) is 94.2 Å². The van der Waals surface area contributed by atoms with E-state index in [0.717, 1.165) is 165 Å². The second-order valence-electron chi connectivity index (χ2n) is 26.5. The Kier molecular flexibility index (Phi) is 21.9. The predicted octanol–water partition coefficient (Wildman–Crippen LogP) is 12.4. The third-order valence-electron chi connectivity index (χ3n) is 20.5. The standard InChI is InChI=1S/C73H98N8O8.Mg/c1-9-17-25-41-89-65-49-33-32-48(64(65)88-40-24-16-8)56-57(49)73-80-71-55-47-31-30-46(62(86-38-22-14-6)63(47)87-39-23-15-7)54(55)69(78-71)76-67-51-43-27-26-42(58(82-34-18-10-2)59(43)83-35-19-11-3)50(51)66(74-67)75-68-52-44-28-29-45(53(52)70(77-68)79-72(56)81-73)61(85-37-21-13-5)60(44)84-36-20-12-4;/h26-33,42-49,58-65H,9-25,34-41H2,1-8H3;/q-2;+2/p+2. The first-order valence-electron chi connectivity index (χ1n) is 35.3. The van der Waals surface area contributed by atoms with Crippen LogP contribution in [0.15, 0.2) is 48.6 Å². The van der Waals surface area contributed by atoms with Gasteiger partial charge in [0.15, 0.2) is 16.9 Å². The van der Waals surface area contributed by atoms with Crippen LogP contribution in [-0.2, 0) is 37.9 Å². The largest absolute Gasteiger partial charge is 2.00 e. The number of ether oxygens (including phenoxy) is 8. The molecule has 0 radical (unpaired) electrons. The zero-order valence-corrected chi connectivity index (χ0v) is 56.6. The Balaban J connectivity index is 0.00000785. The van der Waals surface area contributed by atoms with Crippen molar-refractivity contribution < 1.29 is 47.9 Å². The topological polar surface area (TPSA) is 182 Å². The first-order chi connectivity index (χ1) is 43.9. The van der Waals surface area contributed by atoms with Gasteiger partial charge in [0.25, 0.3) is 17.5 Å². The molecular weight excluding hydrogens is 1140 g/mol. The SMILES string of the molecule is CCCCCOC1C2C=CC(C3=C2c2nc4[n-]c(nc5[nH+]c(nc6[n-]c(nc3[nH+]2)c2c6C3C=CC2C(OCCCC)C3OCCCC)C2=C5C3C=CC2C(OCCCC)C3OCCCC)c2c4C3C=CC2C(OCCCC)C3OCCCC)C1OCCCC.[Mg+2]. The van der Waals surface area contributed by atoms with Crippen LogP contribution in [-0.4, -0.2) is 145 Å². The van der Waals surface area contributed by atoms with Gasteiger partial charge in [-0.3, -0.25) is 9.97 Å². The molecule has 90 heavy (non-hydrogen) atoms. The molecule has 0 saturated carbocycles. The summed E-state index contributed by atoms with van der Waals surface area (Å²) in [6.07, 6.45) is 34.0.